The Morgan fingerprint density at radius 2 is 2.26 bits per heavy atom. The molecule has 0 saturated heterocycles. The van der Waals surface area contributed by atoms with Crippen LogP contribution in [0.5, 0.6) is 0 Å². The Morgan fingerprint density at radius 1 is 1.58 bits per heavy atom. The van der Waals surface area contributed by atoms with Crippen LogP contribution in [0.1, 0.15) is 12.7 Å². The van der Waals surface area contributed by atoms with Crippen LogP contribution in [0.25, 0.3) is 0 Å². The number of nitrogens with one attached hydrogen (secondary N) is 1. The minimum Gasteiger partial charge on any atom is -0.480 e. The summed E-state index contributed by atoms with van der Waals surface area (Å²) < 4.78 is 13.6. The summed E-state index contributed by atoms with van der Waals surface area (Å²) in [5.41, 5.74) is 0. The second-order valence-corrected chi connectivity index (χ2v) is 5.69. The molecule has 0 spiro atoms. The van der Waals surface area contributed by atoms with Gasteiger partial charge in [0.15, 0.2) is 0 Å². The predicted molar refractivity (Wildman–Crippen MR) is 70.1 cm³/mol. The third kappa shape index (κ3) is 5.21. The van der Waals surface area contributed by atoms with Crippen molar-refractivity contribution in [2.75, 3.05) is 11.5 Å². The van der Waals surface area contributed by atoms with E-state index in [2.05, 4.69) is 10.3 Å². The number of amides is 1. The van der Waals surface area contributed by atoms with Gasteiger partial charge in [0.1, 0.15) is 11.9 Å². The number of rotatable bonds is 7. The quantitative estimate of drug-likeness (QED) is 0.706. The molecule has 1 amide bonds. The number of aliphatic carboxylic acids is 1. The number of carboxylic acid groups (broad SMARTS) is 1. The Hall–Kier alpha value is -1.70. The SMILES string of the molecule is CC(=O)NC(CS(=O)CCn1ccnc1C)C(=O)O. The van der Waals surface area contributed by atoms with Gasteiger partial charge in [0.05, 0.1) is 5.75 Å². The van der Waals surface area contributed by atoms with E-state index in [1.165, 1.54) is 6.92 Å². The summed E-state index contributed by atoms with van der Waals surface area (Å²) >= 11 is 0. The molecule has 1 aromatic rings. The van der Waals surface area contributed by atoms with Gasteiger partial charge in [-0.05, 0) is 6.92 Å². The van der Waals surface area contributed by atoms with Crippen molar-refractivity contribution in [2.24, 2.45) is 0 Å². The number of hydrogen-bond acceptors (Lipinski definition) is 4. The first-order chi connectivity index (χ1) is 8.90. The van der Waals surface area contributed by atoms with Crippen LogP contribution in [0.3, 0.4) is 0 Å². The molecule has 7 nitrogen and oxygen atoms in total. The summed E-state index contributed by atoms with van der Waals surface area (Å²) in [6.45, 7) is 3.57. The molecule has 1 aromatic heterocycles. The van der Waals surface area contributed by atoms with E-state index >= 15 is 0 Å². The van der Waals surface area contributed by atoms with Crippen molar-refractivity contribution in [3.8, 4) is 0 Å². The van der Waals surface area contributed by atoms with Gasteiger partial charge in [0.25, 0.3) is 0 Å². The fraction of sp³-hybridized carbons (Fsp3) is 0.545. The van der Waals surface area contributed by atoms with Crippen molar-refractivity contribution >= 4 is 22.7 Å². The van der Waals surface area contributed by atoms with Crippen molar-refractivity contribution in [1.82, 2.24) is 14.9 Å². The van der Waals surface area contributed by atoms with Crippen LogP contribution >= 0.6 is 0 Å². The molecule has 8 heteroatoms. The average molecular weight is 287 g/mol. The number of aryl methyl sites for hydroxylation is 2. The van der Waals surface area contributed by atoms with Crippen molar-refractivity contribution in [3.63, 3.8) is 0 Å². The molecular formula is C11H17N3O4S. The summed E-state index contributed by atoms with van der Waals surface area (Å²) in [6.07, 6.45) is 3.42. The van der Waals surface area contributed by atoms with E-state index in [1.807, 2.05) is 11.5 Å². The number of carbonyl (C=O) groups is 2. The highest BCUT2D eigenvalue weighted by Gasteiger charge is 2.21. The molecule has 0 aliphatic rings. The third-order valence-electron chi connectivity index (χ3n) is 2.51. The van der Waals surface area contributed by atoms with Gasteiger partial charge in [0.2, 0.25) is 5.91 Å². The van der Waals surface area contributed by atoms with Gasteiger partial charge < -0.3 is 15.0 Å². The van der Waals surface area contributed by atoms with E-state index in [-0.39, 0.29) is 5.75 Å². The Bertz CT molecular complexity index is 486. The van der Waals surface area contributed by atoms with Gasteiger partial charge in [-0.15, -0.1) is 0 Å². The van der Waals surface area contributed by atoms with Gasteiger partial charge in [-0.1, -0.05) is 0 Å². The Balaban J connectivity index is 2.47. The second-order valence-electron chi connectivity index (χ2n) is 4.07. The van der Waals surface area contributed by atoms with Crippen LogP contribution in [-0.4, -0.2) is 48.3 Å². The second kappa shape index (κ2) is 7.03. The highest BCUT2D eigenvalue weighted by atomic mass is 32.2. The lowest BCUT2D eigenvalue weighted by molar-refractivity contribution is -0.140. The van der Waals surface area contributed by atoms with E-state index in [0.717, 1.165) is 5.82 Å². The van der Waals surface area contributed by atoms with Crippen LogP contribution in [0.2, 0.25) is 0 Å². The molecule has 0 aliphatic carbocycles. The molecule has 1 heterocycles. The maximum Gasteiger partial charge on any atom is 0.327 e. The smallest absolute Gasteiger partial charge is 0.327 e. The third-order valence-corrected chi connectivity index (χ3v) is 3.85. The first kappa shape index (κ1) is 15.4. The van der Waals surface area contributed by atoms with Gasteiger partial charge in [-0.2, -0.15) is 0 Å². The number of imidazole rings is 1. The van der Waals surface area contributed by atoms with Crippen LogP contribution in [0, 0.1) is 6.92 Å². The fourth-order valence-corrected chi connectivity index (χ4v) is 2.69. The maximum atomic E-state index is 11.8. The summed E-state index contributed by atoms with van der Waals surface area (Å²) in [5.74, 6) is -0.589. The van der Waals surface area contributed by atoms with E-state index in [1.54, 1.807) is 12.4 Å². The van der Waals surface area contributed by atoms with E-state index in [0.29, 0.717) is 12.3 Å². The minimum absolute atomic E-state index is 0.0946. The Kier molecular flexibility index (Phi) is 5.68. The Morgan fingerprint density at radius 3 is 2.74 bits per heavy atom. The molecular weight excluding hydrogens is 270 g/mol. The topological polar surface area (TPSA) is 101 Å². The number of carboxylic acids is 1. The molecule has 2 N–H and O–H groups in total. The van der Waals surface area contributed by atoms with E-state index < -0.39 is 28.7 Å². The fourth-order valence-electron chi connectivity index (χ4n) is 1.53. The van der Waals surface area contributed by atoms with Crippen molar-refractivity contribution < 1.29 is 18.9 Å². The number of carbonyl (C=O) groups excluding carboxylic acids is 1. The lowest BCUT2D eigenvalue weighted by atomic mass is 10.3. The highest BCUT2D eigenvalue weighted by Crippen LogP contribution is 1.98. The zero-order chi connectivity index (χ0) is 14.4. The molecule has 19 heavy (non-hydrogen) atoms. The zero-order valence-electron chi connectivity index (χ0n) is 10.8. The monoisotopic (exact) mass is 287 g/mol. The normalized spacial score (nSPS) is 13.8. The molecule has 2 atom stereocenters. The minimum atomic E-state index is -1.32. The van der Waals surface area contributed by atoms with Gasteiger partial charge in [-0.3, -0.25) is 9.00 Å². The van der Waals surface area contributed by atoms with E-state index in [4.69, 9.17) is 5.11 Å². The van der Waals surface area contributed by atoms with Gasteiger partial charge in [-0.25, -0.2) is 9.78 Å². The molecule has 0 bridgehead atoms. The number of aromatic nitrogens is 2. The lowest BCUT2D eigenvalue weighted by Gasteiger charge is -2.13. The van der Waals surface area contributed by atoms with Crippen LogP contribution in [0.4, 0.5) is 0 Å². The molecule has 1 rings (SSSR count). The number of nitrogens with zero attached hydrogens (tertiary/aromatic N) is 2. The highest BCUT2D eigenvalue weighted by molar-refractivity contribution is 7.85. The standard InChI is InChI=1S/C11H17N3O4S/c1-8-12-3-4-14(8)5-6-19(18)7-10(11(16)17)13-9(2)15/h3-4,10H,5-7H2,1-2H3,(H,13,15)(H,16,17). The molecule has 0 aromatic carbocycles. The van der Waals surface area contributed by atoms with Crippen LogP contribution in [-0.2, 0) is 26.9 Å². The van der Waals surface area contributed by atoms with Crippen LogP contribution in [0.15, 0.2) is 12.4 Å². The predicted octanol–water partition coefficient (Wildman–Crippen LogP) is -0.470. The molecule has 0 saturated carbocycles. The first-order valence-corrected chi connectivity index (χ1v) is 7.21. The van der Waals surface area contributed by atoms with Gasteiger partial charge in [0, 0.05) is 42.4 Å². The van der Waals surface area contributed by atoms with Crippen molar-refractivity contribution in [3.05, 3.63) is 18.2 Å². The summed E-state index contributed by atoms with van der Waals surface area (Å²) in [5, 5.41) is 11.2. The molecule has 2 unspecified atom stereocenters. The summed E-state index contributed by atoms with van der Waals surface area (Å²) in [7, 11) is -1.32. The molecule has 0 aliphatic heterocycles. The zero-order valence-corrected chi connectivity index (χ0v) is 11.6. The van der Waals surface area contributed by atoms with Crippen molar-refractivity contribution in [2.45, 2.75) is 26.4 Å². The Labute approximate surface area is 113 Å². The summed E-state index contributed by atoms with van der Waals surface area (Å²) in [4.78, 5) is 25.8. The molecule has 0 fully saturated rings. The van der Waals surface area contributed by atoms with Crippen LogP contribution < -0.4 is 5.32 Å². The maximum absolute atomic E-state index is 11.8. The van der Waals surface area contributed by atoms with Gasteiger partial charge >= 0.3 is 5.97 Å². The molecule has 0 radical (unpaired) electrons. The van der Waals surface area contributed by atoms with E-state index in [9.17, 15) is 13.8 Å². The van der Waals surface area contributed by atoms with Crippen molar-refractivity contribution in [1.29, 1.82) is 0 Å². The summed E-state index contributed by atoms with van der Waals surface area (Å²) in [6, 6.07) is -1.11. The average Bonchev–Trinajstić information content (AvgIpc) is 2.70. The first-order valence-electron chi connectivity index (χ1n) is 5.72. The lowest BCUT2D eigenvalue weighted by Crippen LogP contribution is -2.43. The molecule has 106 valence electrons. The number of hydrogen-bond donors (Lipinski definition) is 2. The largest absolute Gasteiger partial charge is 0.480 e.